The molecule has 146 valence electrons. The number of aryl methyl sites for hydroxylation is 1. The van der Waals surface area contributed by atoms with Crippen molar-refractivity contribution in [3.63, 3.8) is 0 Å². The third-order valence-electron chi connectivity index (χ3n) is 4.21. The molecule has 0 aliphatic rings. The summed E-state index contributed by atoms with van der Waals surface area (Å²) in [6.45, 7) is 0.343. The monoisotopic (exact) mass is 382 g/mol. The van der Waals surface area contributed by atoms with Gasteiger partial charge in [-0.2, -0.15) is 5.10 Å². The number of hydrogen-bond donors (Lipinski definition) is 1. The van der Waals surface area contributed by atoms with Crippen molar-refractivity contribution < 1.29 is 19.0 Å². The molecule has 0 atom stereocenters. The molecule has 3 aromatic rings. The molecule has 0 aliphatic heterocycles. The maximum absolute atomic E-state index is 12.6. The topological polar surface area (TPSA) is 87.5 Å². The van der Waals surface area contributed by atoms with E-state index >= 15 is 0 Å². The predicted octanol–water partition coefficient (Wildman–Crippen LogP) is 2.44. The van der Waals surface area contributed by atoms with Crippen LogP contribution in [0.1, 0.15) is 15.9 Å². The van der Waals surface area contributed by atoms with Crippen LogP contribution in [0.3, 0.4) is 0 Å². The molecule has 28 heavy (non-hydrogen) atoms. The van der Waals surface area contributed by atoms with Gasteiger partial charge in [0.2, 0.25) is 5.75 Å². The highest BCUT2D eigenvalue weighted by Crippen LogP contribution is 2.38. The average Bonchev–Trinajstić information content (AvgIpc) is 3.17. The number of carbonyl (C=O) groups excluding carboxylic acids is 1. The van der Waals surface area contributed by atoms with E-state index in [2.05, 4.69) is 15.4 Å². The first-order chi connectivity index (χ1) is 13.5. The van der Waals surface area contributed by atoms with Crippen molar-refractivity contribution in [1.82, 2.24) is 20.1 Å². The first-order valence-electron chi connectivity index (χ1n) is 8.58. The van der Waals surface area contributed by atoms with Crippen LogP contribution in [0.2, 0.25) is 0 Å². The summed E-state index contributed by atoms with van der Waals surface area (Å²) in [5.74, 6) is 1.04. The van der Waals surface area contributed by atoms with E-state index in [0.717, 1.165) is 16.8 Å². The summed E-state index contributed by atoms with van der Waals surface area (Å²) in [5, 5.41) is 7.01. The number of carbonyl (C=O) groups is 1. The Balaban J connectivity index is 1.70. The van der Waals surface area contributed by atoms with E-state index in [9.17, 15) is 4.79 Å². The summed E-state index contributed by atoms with van der Waals surface area (Å²) < 4.78 is 17.6. The van der Waals surface area contributed by atoms with Crippen LogP contribution < -0.4 is 19.5 Å². The Morgan fingerprint density at radius 2 is 1.79 bits per heavy atom. The van der Waals surface area contributed by atoms with Crippen LogP contribution in [-0.2, 0) is 13.6 Å². The van der Waals surface area contributed by atoms with Crippen LogP contribution in [0, 0.1) is 0 Å². The Kier molecular flexibility index (Phi) is 5.78. The number of benzene rings is 1. The zero-order valence-corrected chi connectivity index (χ0v) is 16.2. The van der Waals surface area contributed by atoms with Crippen LogP contribution >= 0.6 is 0 Å². The Labute approximate surface area is 163 Å². The molecule has 0 spiro atoms. The van der Waals surface area contributed by atoms with Crippen LogP contribution in [-0.4, -0.2) is 42.0 Å². The van der Waals surface area contributed by atoms with Gasteiger partial charge in [0, 0.05) is 37.1 Å². The smallest absolute Gasteiger partial charge is 0.251 e. The zero-order chi connectivity index (χ0) is 20.1. The Bertz CT molecular complexity index is 942. The fraction of sp³-hybridized carbons (Fsp3) is 0.250. The van der Waals surface area contributed by atoms with Gasteiger partial charge in [-0.3, -0.25) is 14.5 Å². The van der Waals surface area contributed by atoms with Crippen LogP contribution in [0.15, 0.2) is 42.9 Å². The highest BCUT2D eigenvalue weighted by Gasteiger charge is 2.17. The van der Waals surface area contributed by atoms with Gasteiger partial charge in [-0.05, 0) is 23.8 Å². The number of rotatable bonds is 7. The second-order valence-electron chi connectivity index (χ2n) is 6.05. The van der Waals surface area contributed by atoms with E-state index in [-0.39, 0.29) is 5.91 Å². The standard InChI is InChI=1S/C20H22N4O4/c1-24-12-15(11-23-24)16-6-5-13(9-21-16)10-22-20(25)14-7-17(26-2)19(28-4)18(8-14)27-3/h5-9,11-12H,10H2,1-4H3,(H,22,25). The van der Waals surface area contributed by atoms with Gasteiger partial charge in [0.15, 0.2) is 11.5 Å². The number of methoxy groups -OCH3 is 3. The number of pyridine rings is 1. The lowest BCUT2D eigenvalue weighted by molar-refractivity contribution is 0.0950. The molecule has 1 amide bonds. The number of aromatic nitrogens is 3. The predicted molar refractivity (Wildman–Crippen MR) is 104 cm³/mol. The highest BCUT2D eigenvalue weighted by molar-refractivity contribution is 5.95. The van der Waals surface area contributed by atoms with Crippen molar-refractivity contribution in [2.45, 2.75) is 6.54 Å². The highest BCUT2D eigenvalue weighted by atomic mass is 16.5. The maximum atomic E-state index is 12.6. The Morgan fingerprint density at radius 3 is 2.29 bits per heavy atom. The number of nitrogens with zero attached hydrogens (tertiary/aromatic N) is 3. The average molecular weight is 382 g/mol. The van der Waals surface area contributed by atoms with Crippen molar-refractivity contribution in [1.29, 1.82) is 0 Å². The van der Waals surface area contributed by atoms with Crippen LogP contribution in [0.25, 0.3) is 11.3 Å². The van der Waals surface area contributed by atoms with Gasteiger partial charge in [0.25, 0.3) is 5.91 Å². The summed E-state index contributed by atoms with van der Waals surface area (Å²) >= 11 is 0. The number of amides is 1. The number of hydrogen-bond acceptors (Lipinski definition) is 6. The Morgan fingerprint density at radius 1 is 1.07 bits per heavy atom. The van der Waals surface area contributed by atoms with Crippen molar-refractivity contribution in [2.75, 3.05) is 21.3 Å². The molecule has 0 fully saturated rings. The lowest BCUT2D eigenvalue weighted by atomic mass is 10.1. The molecule has 2 aromatic heterocycles. The second kappa shape index (κ2) is 8.43. The molecule has 0 bridgehead atoms. The first-order valence-corrected chi connectivity index (χ1v) is 8.58. The molecular formula is C20H22N4O4. The largest absolute Gasteiger partial charge is 0.493 e. The summed E-state index contributed by atoms with van der Waals surface area (Å²) in [4.78, 5) is 17.0. The number of nitrogens with one attached hydrogen (secondary N) is 1. The molecule has 0 unspecified atom stereocenters. The molecule has 1 N–H and O–H groups in total. The molecule has 2 heterocycles. The summed E-state index contributed by atoms with van der Waals surface area (Å²) in [6, 6.07) is 7.05. The minimum absolute atomic E-state index is 0.254. The van der Waals surface area contributed by atoms with Gasteiger partial charge in [0.05, 0.1) is 33.2 Å². The molecule has 0 saturated heterocycles. The zero-order valence-electron chi connectivity index (χ0n) is 16.2. The van der Waals surface area contributed by atoms with E-state index in [4.69, 9.17) is 14.2 Å². The van der Waals surface area contributed by atoms with E-state index < -0.39 is 0 Å². The molecule has 0 radical (unpaired) electrons. The third-order valence-corrected chi connectivity index (χ3v) is 4.21. The Hall–Kier alpha value is -3.55. The lowest BCUT2D eigenvalue weighted by Crippen LogP contribution is -2.23. The van der Waals surface area contributed by atoms with E-state index in [1.165, 1.54) is 21.3 Å². The minimum atomic E-state index is -0.254. The first kappa shape index (κ1) is 19.2. The van der Waals surface area contributed by atoms with Crippen LogP contribution in [0.5, 0.6) is 17.2 Å². The molecule has 8 heteroatoms. The quantitative estimate of drug-likeness (QED) is 0.675. The third kappa shape index (κ3) is 4.06. The molecule has 1 aromatic carbocycles. The SMILES string of the molecule is COc1cc(C(=O)NCc2ccc(-c3cnn(C)c3)nc2)cc(OC)c1OC. The number of ether oxygens (including phenoxy) is 3. The van der Waals surface area contributed by atoms with Gasteiger partial charge in [-0.1, -0.05) is 6.07 Å². The fourth-order valence-corrected chi connectivity index (χ4v) is 2.75. The second-order valence-corrected chi connectivity index (χ2v) is 6.05. The molecule has 0 aliphatic carbocycles. The lowest BCUT2D eigenvalue weighted by Gasteiger charge is -2.14. The fourth-order valence-electron chi connectivity index (χ4n) is 2.75. The van der Waals surface area contributed by atoms with Crippen molar-refractivity contribution in [3.05, 3.63) is 54.0 Å². The van der Waals surface area contributed by atoms with Gasteiger partial charge in [0.1, 0.15) is 0 Å². The van der Waals surface area contributed by atoms with Gasteiger partial charge in [-0.25, -0.2) is 0 Å². The van der Waals surface area contributed by atoms with Gasteiger partial charge < -0.3 is 19.5 Å². The van der Waals surface area contributed by atoms with Crippen molar-refractivity contribution in [2.24, 2.45) is 7.05 Å². The summed E-state index contributed by atoms with van der Waals surface area (Å²) in [5.41, 5.74) is 3.06. The maximum Gasteiger partial charge on any atom is 0.251 e. The molecule has 3 rings (SSSR count). The van der Waals surface area contributed by atoms with Crippen molar-refractivity contribution in [3.8, 4) is 28.5 Å². The molecule has 8 nitrogen and oxygen atoms in total. The van der Waals surface area contributed by atoms with Crippen molar-refractivity contribution >= 4 is 5.91 Å². The van der Waals surface area contributed by atoms with E-state index in [1.54, 1.807) is 29.2 Å². The van der Waals surface area contributed by atoms with E-state index in [0.29, 0.717) is 29.4 Å². The van der Waals surface area contributed by atoms with Gasteiger partial charge >= 0.3 is 0 Å². The summed E-state index contributed by atoms with van der Waals surface area (Å²) in [7, 11) is 6.39. The van der Waals surface area contributed by atoms with Gasteiger partial charge in [-0.15, -0.1) is 0 Å². The normalized spacial score (nSPS) is 10.4. The molecule has 0 saturated carbocycles. The van der Waals surface area contributed by atoms with Crippen LogP contribution in [0.4, 0.5) is 0 Å². The molecular weight excluding hydrogens is 360 g/mol. The van der Waals surface area contributed by atoms with E-state index in [1.807, 2.05) is 25.4 Å². The summed E-state index contributed by atoms with van der Waals surface area (Å²) in [6.07, 6.45) is 5.39. The minimum Gasteiger partial charge on any atom is -0.493 e.